The zero-order valence-corrected chi connectivity index (χ0v) is 17.7. The van der Waals surface area contributed by atoms with E-state index in [9.17, 15) is 4.79 Å². The first kappa shape index (κ1) is 20.7. The molecule has 0 saturated heterocycles. The highest BCUT2D eigenvalue weighted by Gasteiger charge is 2.33. The minimum absolute atomic E-state index is 0.106. The number of carbonyl (C=O) groups excluding carboxylic acids is 1. The molecule has 2 aromatic rings. The molecule has 0 fully saturated rings. The Kier molecular flexibility index (Phi) is 6.11. The van der Waals surface area contributed by atoms with Crippen molar-refractivity contribution in [2.45, 2.75) is 38.6 Å². The van der Waals surface area contributed by atoms with E-state index in [1.807, 2.05) is 6.07 Å². The van der Waals surface area contributed by atoms with Crippen LogP contribution in [-0.2, 0) is 4.79 Å². The van der Waals surface area contributed by atoms with Crippen molar-refractivity contribution in [2.24, 2.45) is 5.10 Å². The molecule has 0 aliphatic carbocycles. The molecule has 3 rings (SSSR count). The summed E-state index contributed by atoms with van der Waals surface area (Å²) in [6, 6.07) is 13.4. The van der Waals surface area contributed by atoms with E-state index in [4.69, 9.17) is 9.47 Å². The molecule has 1 aliphatic rings. The molecule has 2 aromatic carbocycles. The zero-order chi connectivity index (χ0) is 21.0. The minimum Gasteiger partial charge on any atom is -0.497 e. The first-order valence-electron chi connectivity index (χ1n) is 9.76. The van der Waals surface area contributed by atoms with Gasteiger partial charge in [0.15, 0.2) is 6.61 Å². The summed E-state index contributed by atoms with van der Waals surface area (Å²) in [7, 11) is 3.74. The number of hydrogen-bond acceptors (Lipinski definition) is 5. The van der Waals surface area contributed by atoms with Crippen LogP contribution in [0.2, 0.25) is 0 Å². The van der Waals surface area contributed by atoms with Crippen molar-refractivity contribution in [3.05, 3.63) is 53.6 Å². The zero-order valence-electron chi connectivity index (χ0n) is 17.7. The highest BCUT2D eigenvalue weighted by atomic mass is 16.5. The van der Waals surface area contributed by atoms with E-state index in [1.54, 1.807) is 37.6 Å². The maximum Gasteiger partial charge on any atom is 0.277 e. The first-order valence-corrected chi connectivity index (χ1v) is 9.76. The van der Waals surface area contributed by atoms with Crippen molar-refractivity contribution in [2.75, 3.05) is 25.7 Å². The number of nitrogens with one attached hydrogen (secondary N) is 1. The van der Waals surface area contributed by atoms with Crippen LogP contribution in [0.25, 0.3) is 0 Å². The normalized spacial score (nSPS) is 17.7. The maximum absolute atomic E-state index is 11.9. The second-order valence-corrected chi connectivity index (χ2v) is 8.05. The van der Waals surface area contributed by atoms with E-state index < -0.39 is 0 Å². The first-order chi connectivity index (χ1) is 13.8. The fourth-order valence-electron chi connectivity index (χ4n) is 3.71. The number of ether oxygens (including phenoxy) is 2. The highest BCUT2D eigenvalue weighted by molar-refractivity contribution is 5.84. The van der Waals surface area contributed by atoms with Crippen molar-refractivity contribution < 1.29 is 14.3 Å². The van der Waals surface area contributed by atoms with Gasteiger partial charge in [-0.2, -0.15) is 5.10 Å². The topological polar surface area (TPSA) is 63.2 Å². The lowest BCUT2D eigenvalue weighted by Crippen LogP contribution is -2.45. The van der Waals surface area contributed by atoms with Gasteiger partial charge in [-0.3, -0.25) is 4.79 Å². The van der Waals surface area contributed by atoms with Crippen molar-refractivity contribution in [1.82, 2.24) is 5.43 Å². The minimum atomic E-state index is -0.315. The molecule has 29 heavy (non-hydrogen) atoms. The Morgan fingerprint density at radius 3 is 2.62 bits per heavy atom. The molecule has 0 saturated carbocycles. The Morgan fingerprint density at radius 1 is 1.24 bits per heavy atom. The Morgan fingerprint density at radius 2 is 1.93 bits per heavy atom. The van der Waals surface area contributed by atoms with Gasteiger partial charge in [0.25, 0.3) is 5.91 Å². The number of hydrogen-bond donors (Lipinski definition) is 1. The van der Waals surface area contributed by atoms with E-state index in [2.05, 4.69) is 55.4 Å². The lowest BCUT2D eigenvalue weighted by Gasteiger charge is -2.45. The summed E-state index contributed by atoms with van der Waals surface area (Å²) < 4.78 is 10.5. The summed E-state index contributed by atoms with van der Waals surface area (Å²) in [6.45, 7) is 6.69. The van der Waals surface area contributed by atoms with Crippen LogP contribution in [-0.4, -0.2) is 38.4 Å². The lowest BCUT2D eigenvalue weighted by atomic mass is 9.80. The monoisotopic (exact) mass is 395 g/mol. The predicted molar refractivity (Wildman–Crippen MR) is 116 cm³/mol. The predicted octanol–water partition coefficient (Wildman–Crippen LogP) is 3.95. The van der Waals surface area contributed by atoms with Crippen LogP contribution in [0.15, 0.2) is 47.6 Å². The van der Waals surface area contributed by atoms with Gasteiger partial charge in [-0.25, -0.2) is 5.43 Å². The van der Waals surface area contributed by atoms with Crippen LogP contribution in [0, 0.1) is 0 Å². The average molecular weight is 396 g/mol. The van der Waals surface area contributed by atoms with Gasteiger partial charge in [0, 0.05) is 18.3 Å². The number of amides is 1. The molecule has 1 atom stereocenters. The van der Waals surface area contributed by atoms with Gasteiger partial charge in [0.1, 0.15) is 11.5 Å². The van der Waals surface area contributed by atoms with E-state index >= 15 is 0 Å². The van der Waals surface area contributed by atoms with Gasteiger partial charge in [0.05, 0.1) is 13.3 Å². The number of methoxy groups -OCH3 is 1. The molecule has 6 nitrogen and oxygen atoms in total. The highest BCUT2D eigenvalue weighted by Crippen LogP contribution is 2.42. The molecule has 1 amide bonds. The molecular weight excluding hydrogens is 366 g/mol. The summed E-state index contributed by atoms with van der Waals surface area (Å²) in [5.74, 6) is 1.49. The van der Waals surface area contributed by atoms with Crippen molar-refractivity contribution in [1.29, 1.82) is 0 Å². The average Bonchev–Trinajstić information content (AvgIpc) is 2.71. The van der Waals surface area contributed by atoms with Crippen LogP contribution in [0.5, 0.6) is 11.5 Å². The Labute approximate surface area is 172 Å². The van der Waals surface area contributed by atoms with Crippen molar-refractivity contribution in [3.63, 3.8) is 0 Å². The molecule has 1 N–H and O–H groups in total. The molecule has 1 heterocycles. The summed E-state index contributed by atoms with van der Waals surface area (Å²) in [4.78, 5) is 14.3. The summed E-state index contributed by atoms with van der Waals surface area (Å²) in [5.41, 5.74) is 6.17. The molecule has 0 aromatic heterocycles. The van der Waals surface area contributed by atoms with Crippen LogP contribution in [0.1, 0.15) is 44.2 Å². The molecule has 0 radical (unpaired) electrons. The second kappa shape index (κ2) is 8.55. The van der Waals surface area contributed by atoms with E-state index in [1.165, 1.54) is 11.3 Å². The maximum atomic E-state index is 11.9. The van der Waals surface area contributed by atoms with Gasteiger partial charge in [-0.05, 0) is 73.7 Å². The van der Waals surface area contributed by atoms with E-state index in [0.29, 0.717) is 11.7 Å². The van der Waals surface area contributed by atoms with Gasteiger partial charge in [-0.1, -0.05) is 13.0 Å². The molecule has 154 valence electrons. The number of hydrazone groups is 1. The lowest BCUT2D eigenvalue weighted by molar-refractivity contribution is -0.123. The van der Waals surface area contributed by atoms with Crippen LogP contribution in [0.4, 0.5) is 5.69 Å². The molecule has 1 unspecified atom stereocenters. The van der Waals surface area contributed by atoms with Crippen LogP contribution in [0.3, 0.4) is 0 Å². The number of anilines is 1. The Balaban J connectivity index is 1.56. The largest absolute Gasteiger partial charge is 0.497 e. The second-order valence-electron chi connectivity index (χ2n) is 8.05. The SMILES string of the molecule is COc1ccc(OCC(=O)N/N=C/c2ccc3c(c2)C(C)CC(C)(C)N3C)cc1. The molecule has 1 aliphatic heterocycles. The Bertz CT molecular complexity index is 891. The third-order valence-corrected chi connectivity index (χ3v) is 5.49. The van der Waals surface area contributed by atoms with Crippen LogP contribution < -0.4 is 19.8 Å². The van der Waals surface area contributed by atoms with Crippen LogP contribution >= 0.6 is 0 Å². The number of nitrogens with zero attached hydrogens (tertiary/aromatic N) is 2. The number of rotatable bonds is 6. The summed E-state index contributed by atoms with van der Waals surface area (Å²) >= 11 is 0. The summed E-state index contributed by atoms with van der Waals surface area (Å²) in [5, 5.41) is 4.06. The standard InChI is InChI=1S/C23H29N3O3/c1-16-13-23(2,3)26(4)21-11-6-17(12-20(16)21)14-24-25-22(27)15-29-19-9-7-18(28-5)8-10-19/h6-12,14,16H,13,15H2,1-5H3,(H,25,27)/b24-14+. The smallest absolute Gasteiger partial charge is 0.277 e. The third kappa shape index (κ3) is 4.88. The van der Waals surface area contributed by atoms with Gasteiger partial charge >= 0.3 is 0 Å². The van der Waals surface area contributed by atoms with Gasteiger partial charge in [-0.15, -0.1) is 0 Å². The third-order valence-electron chi connectivity index (χ3n) is 5.49. The van der Waals surface area contributed by atoms with Crippen molar-refractivity contribution >= 4 is 17.8 Å². The van der Waals surface area contributed by atoms with Gasteiger partial charge in [0.2, 0.25) is 0 Å². The number of carbonyl (C=O) groups is 1. The molecular formula is C23H29N3O3. The molecule has 6 heteroatoms. The van der Waals surface area contributed by atoms with Gasteiger partial charge < -0.3 is 14.4 Å². The number of benzene rings is 2. The number of fused-ring (bicyclic) bond motifs is 1. The fourth-order valence-corrected chi connectivity index (χ4v) is 3.71. The van der Waals surface area contributed by atoms with E-state index in [-0.39, 0.29) is 18.1 Å². The van der Waals surface area contributed by atoms with E-state index in [0.717, 1.165) is 17.7 Å². The molecule has 0 bridgehead atoms. The fraction of sp³-hybridized carbons (Fsp3) is 0.391. The van der Waals surface area contributed by atoms with Crippen molar-refractivity contribution in [3.8, 4) is 11.5 Å². The Hall–Kier alpha value is -3.02. The molecule has 0 spiro atoms. The quantitative estimate of drug-likeness (QED) is 0.594. The summed E-state index contributed by atoms with van der Waals surface area (Å²) in [6.07, 6.45) is 2.76.